The highest BCUT2D eigenvalue weighted by Crippen LogP contribution is 2.43. The van der Waals surface area contributed by atoms with Gasteiger partial charge in [-0.15, -0.1) is 21.5 Å². The van der Waals surface area contributed by atoms with Gasteiger partial charge in [0.25, 0.3) is 0 Å². The van der Waals surface area contributed by atoms with E-state index >= 15 is 0 Å². The minimum atomic E-state index is 0.609. The van der Waals surface area contributed by atoms with Gasteiger partial charge in [-0.25, -0.2) is 9.97 Å². The van der Waals surface area contributed by atoms with Crippen LogP contribution in [-0.2, 0) is 4.74 Å². The summed E-state index contributed by atoms with van der Waals surface area (Å²) in [7, 11) is 4.93. The minimum absolute atomic E-state index is 0.609. The fourth-order valence-electron chi connectivity index (χ4n) is 2.97. The van der Waals surface area contributed by atoms with Gasteiger partial charge in [0.1, 0.15) is 15.7 Å². The average Bonchev–Trinajstić information content (AvgIpc) is 3.40. The number of nitrogens with one attached hydrogen (secondary N) is 1. The van der Waals surface area contributed by atoms with E-state index in [-0.39, 0.29) is 0 Å². The van der Waals surface area contributed by atoms with Gasteiger partial charge in [-0.05, 0) is 36.4 Å². The van der Waals surface area contributed by atoms with Gasteiger partial charge in [0.2, 0.25) is 5.13 Å². The van der Waals surface area contributed by atoms with Crippen LogP contribution in [0.15, 0.2) is 32.9 Å². The summed E-state index contributed by atoms with van der Waals surface area (Å²) in [4.78, 5) is 10.3. The van der Waals surface area contributed by atoms with E-state index in [9.17, 15) is 0 Å². The maximum atomic E-state index is 5.48. The van der Waals surface area contributed by atoms with E-state index in [2.05, 4.69) is 25.9 Å². The molecule has 0 amide bonds. The number of benzene rings is 1. The summed E-state index contributed by atoms with van der Waals surface area (Å²) in [6.07, 6.45) is 0. The van der Waals surface area contributed by atoms with Crippen LogP contribution in [0.4, 0.5) is 5.13 Å². The van der Waals surface area contributed by atoms with Crippen LogP contribution >= 0.6 is 34.4 Å². The molecule has 0 aliphatic heterocycles. The fraction of sp³-hybridized carbons (Fsp3) is 0.300. The quantitative estimate of drug-likeness (QED) is 0.272. The van der Waals surface area contributed by atoms with Crippen molar-refractivity contribution in [3.8, 4) is 22.6 Å². The van der Waals surface area contributed by atoms with E-state index in [0.29, 0.717) is 24.7 Å². The molecule has 0 bridgehead atoms. The molecule has 31 heavy (non-hydrogen) atoms. The Labute approximate surface area is 192 Å². The van der Waals surface area contributed by atoms with Gasteiger partial charge < -0.3 is 19.5 Å². The van der Waals surface area contributed by atoms with Crippen LogP contribution in [0.3, 0.4) is 0 Å². The fourth-order valence-corrected chi connectivity index (χ4v) is 5.90. The molecule has 0 fully saturated rings. The number of anilines is 1. The Morgan fingerprint density at radius 2 is 1.90 bits per heavy atom. The largest absolute Gasteiger partial charge is 0.493 e. The van der Waals surface area contributed by atoms with Crippen LogP contribution < -0.4 is 14.8 Å². The Kier molecular flexibility index (Phi) is 6.86. The number of nitrogens with zero attached hydrogens (tertiary/aromatic N) is 4. The first-order chi connectivity index (χ1) is 15.1. The molecule has 3 aromatic heterocycles. The Hall–Kier alpha value is -2.47. The summed E-state index contributed by atoms with van der Waals surface area (Å²) in [5.41, 5.74) is 2.06. The van der Waals surface area contributed by atoms with E-state index in [4.69, 9.17) is 19.2 Å². The van der Waals surface area contributed by atoms with Gasteiger partial charge in [0.15, 0.2) is 15.8 Å². The molecule has 0 spiro atoms. The van der Waals surface area contributed by atoms with Crippen molar-refractivity contribution in [3.05, 3.63) is 29.4 Å². The highest BCUT2D eigenvalue weighted by Gasteiger charge is 2.18. The molecule has 0 atom stereocenters. The topological polar surface area (TPSA) is 91.3 Å². The molecule has 0 unspecified atom stereocenters. The molecule has 3 heterocycles. The second kappa shape index (κ2) is 9.77. The number of ether oxygens (including phenoxy) is 3. The number of hydrogen-bond donors (Lipinski definition) is 1. The monoisotopic (exact) mass is 475 g/mol. The third-order valence-corrected chi connectivity index (χ3v) is 7.17. The van der Waals surface area contributed by atoms with Gasteiger partial charge in [-0.2, -0.15) is 0 Å². The van der Waals surface area contributed by atoms with Crippen LogP contribution in [0.2, 0.25) is 0 Å². The first-order valence-corrected chi connectivity index (χ1v) is 11.9. The molecule has 8 nitrogen and oxygen atoms in total. The molecular weight excluding hydrogens is 454 g/mol. The lowest BCUT2D eigenvalue weighted by Gasteiger charge is -2.10. The molecular formula is C20H21N5O3S3. The number of thiophene rings is 1. The molecule has 4 rings (SSSR count). The first kappa shape index (κ1) is 21.8. The Bertz CT molecular complexity index is 1190. The van der Waals surface area contributed by atoms with E-state index in [1.165, 1.54) is 23.1 Å². The smallest absolute Gasteiger partial charge is 0.206 e. The van der Waals surface area contributed by atoms with Crippen LogP contribution in [0.5, 0.6) is 11.5 Å². The number of rotatable bonds is 9. The number of aromatic nitrogens is 4. The van der Waals surface area contributed by atoms with Crippen molar-refractivity contribution in [2.75, 3.05) is 39.8 Å². The second-order valence-corrected chi connectivity index (χ2v) is 9.44. The normalized spacial score (nSPS) is 11.1. The predicted molar refractivity (Wildman–Crippen MR) is 125 cm³/mol. The van der Waals surface area contributed by atoms with Crippen molar-refractivity contribution in [2.24, 2.45) is 0 Å². The van der Waals surface area contributed by atoms with Gasteiger partial charge in [0, 0.05) is 24.6 Å². The molecule has 1 aromatic carbocycles. The minimum Gasteiger partial charge on any atom is -0.493 e. The molecule has 11 heteroatoms. The van der Waals surface area contributed by atoms with E-state index in [0.717, 1.165) is 41.7 Å². The van der Waals surface area contributed by atoms with Crippen molar-refractivity contribution >= 4 is 49.8 Å². The lowest BCUT2D eigenvalue weighted by atomic mass is 10.1. The lowest BCUT2D eigenvalue weighted by molar-refractivity contribution is 0.211. The van der Waals surface area contributed by atoms with E-state index < -0.39 is 0 Å². The molecule has 4 aromatic rings. The number of aryl methyl sites for hydroxylation is 1. The number of methoxy groups -OCH3 is 3. The molecule has 162 valence electrons. The SMILES string of the molecule is COCCNc1nnc(Sc2nc(C)nc3scc(-c4ccc(OC)c(OC)c4)c23)s1. The zero-order valence-corrected chi connectivity index (χ0v) is 19.9. The summed E-state index contributed by atoms with van der Waals surface area (Å²) in [6, 6.07) is 5.89. The summed E-state index contributed by atoms with van der Waals surface area (Å²) in [5.74, 6) is 2.09. The van der Waals surface area contributed by atoms with Gasteiger partial charge in [-0.3, -0.25) is 0 Å². The standard InChI is InChI=1S/C20H21N5O3S3/c1-11-22-17-16(13(10-29-17)12-5-6-14(27-3)15(9-12)28-4)18(23-11)30-20-25-24-19(31-20)21-7-8-26-2/h5-6,9-10H,7-8H2,1-4H3,(H,21,24). The summed E-state index contributed by atoms with van der Waals surface area (Å²) in [6.45, 7) is 3.19. The summed E-state index contributed by atoms with van der Waals surface area (Å²) >= 11 is 4.58. The highest BCUT2D eigenvalue weighted by molar-refractivity contribution is 8.01. The van der Waals surface area contributed by atoms with Crippen molar-refractivity contribution < 1.29 is 14.2 Å². The molecule has 0 aliphatic carbocycles. The van der Waals surface area contributed by atoms with E-state index in [1.807, 2.05) is 25.1 Å². The first-order valence-electron chi connectivity index (χ1n) is 9.35. The van der Waals surface area contributed by atoms with Crippen molar-refractivity contribution in [1.82, 2.24) is 20.2 Å². The lowest BCUT2D eigenvalue weighted by Crippen LogP contribution is -2.06. The third kappa shape index (κ3) is 4.74. The second-order valence-electron chi connectivity index (χ2n) is 6.37. The van der Waals surface area contributed by atoms with Crippen molar-refractivity contribution in [1.29, 1.82) is 0 Å². The van der Waals surface area contributed by atoms with Crippen LogP contribution in [-0.4, -0.2) is 54.6 Å². The van der Waals surface area contributed by atoms with Crippen molar-refractivity contribution in [3.63, 3.8) is 0 Å². The van der Waals surface area contributed by atoms with Crippen LogP contribution in [0.25, 0.3) is 21.3 Å². The van der Waals surface area contributed by atoms with Gasteiger partial charge in [-0.1, -0.05) is 17.4 Å². The van der Waals surface area contributed by atoms with Crippen molar-refractivity contribution in [2.45, 2.75) is 16.3 Å². The Balaban J connectivity index is 1.71. The van der Waals surface area contributed by atoms with Gasteiger partial charge in [0.05, 0.1) is 26.2 Å². The number of hydrogen-bond acceptors (Lipinski definition) is 11. The molecule has 0 saturated heterocycles. The highest BCUT2D eigenvalue weighted by atomic mass is 32.2. The molecule has 0 aliphatic rings. The maximum absolute atomic E-state index is 5.48. The number of fused-ring (bicyclic) bond motifs is 1. The maximum Gasteiger partial charge on any atom is 0.206 e. The van der Waals surface area contributed by atoms with Gasteiger partial charge >= 0.3 is 0 Å². The predicted octanol–water partition coefficient (Wildman–Crippen LogP) is 4.74. The average molecular weight is 476 g/mol. The zero-order chi connectivity index (χ0) is 21.8. The Morgan fingerprint density at radius 1 is 1.06 bits per heavy atom. The Morgan fingerprint density at radius 3 is 2.68 bits per heavy atom. The van der Waals surface area contributed by atoms with Crippen LogP contribution in [0.1, 0.15) is 5.82 Å². The summed E-state index contributed by atoms with van der Waals surface area (Å²) < 4.78 is 16.7. The third-order valence-electron chi connectivity index (χ3n) is 4.38. The molecule has 0 saturated carbocycles. The summed E-state index contributed by atoms with van der Waals surface area (Å²) in [5, 5.41) is 16.4. The zero-order valence-electron chi connectivity index (χ0n) is 17.5. The molecule has 0 radical (unpaired) electrons. The van der Waals surface area contributed by atoms with E-state index in [1.54, 1.807) is 32.7 Å². The molecule has 1 N–H and O–H groups in total. The van der Waals surface area contributed by atoms with Crippen LogP contribution in [0, 0.1) is 6.92 Å².